The van der Waals surface area contributed by atoms with Crippen molar-refractivity contribution in [1.29, 1.82) is 0 Å². The molecule has 0 unspecified atom stereocenters. The van der Waals surface area contributed by atoms with Crippen molar-refractivity contribution >= 4 is 5.91 Å². The van der Waals surface area contributed by atoms with Gasteiger partial charge in [0.15, 0.2) is 6.10 Å². The molecular weight excluding hydrogens is 312 g/mol. The third-order valence-corrected chi connectivity index (χ3v) is 3.90. The van der Waals surface area contributed by atoms with Gasteiger partial charge in [0.05, 0.1) is 13.2 Å². The molecule has 0 aliphatic carbocycles. The number of pyridine rings is 1. The summed E-state index contributed by atoms with van der Waals surface area (Å²) in [6.07, 6.45) is -0.449. The Hall–Kier alpha value is -2.48. The molecule has 0 bridgehead atoms. The predicted octanol–water partition coefficient (Wildman–Crippen LogP) is 1.40. The molecule has 2 aromatic heterocycles. The zero-order valence-corrected chi connectivity index (χ0v) is 13.9. The predicted molar refractivity (Wildman–Crippen MR) is 84.8 cm³/mol. The minimum Gasteiger partial charge on any atom is -0.423 e. The molecule has 1 atom stereocenters. The summed E-state index contributed by atoms with van der Waals surface area (Å²) in [6, 6.07) is 3.06. The molecule has 1 amide bonds. The summed E-state index contributed by atoms with van der Waals surface area (Å²) in [7, 11) is 0. The number of aromatic amines is 1. The molecule has 0 aromatic carbocycles. The van der Waals surface area contributed by atoms with Crippen molar-refractivity contribution < 1.29 is 13.9 Å². The third kappa shape index (κ3) is 3.38. The van der Waals surface area contributed by atoms with Crippen LogP contribution in [0.2, 0.25) is 0 Å². The molecule has 24 heavy (non-hydrogen) atoms. The van der Waals surface area contributed by atoms with Crippen molar-refractivity contribution in [3.8, 4) is 0 Å². The van der Waals surface area contributed by atoms with E-state index in [0.717, 1.165) is 5.69 Å². The fourth-order valence-corrected chi connectivity index (χ4v) is 2.61. The van der Waals surface area contributed by atoms with Crippen LogP contribution in [0, 0.1) is 6.92 Å². The van der Waals surface area contributed by atoms with E-state index >= 15 is 0 Å². The molecule has 1 fully saturated rings. The van der Waals surface area contributed by atoms with Gasteiger partial charge in [0.2, 0.25) is 17.3 Å². The lowest BCUT2D eigenvalue weighted by atomic mass is 10.1. The third-order valence-electron chi connectivity index (χ3n) is 3.90. The van der Waals surface area contributed by atoms with Crippen LogP contribution in [-0.2, 0) is 4.74 Å². The molecule has 8 nitrogen and oxygen atoms in total. The maximum Gasteiger partial charge on any atom is 0.254 e. The van der Waals surface area contributed by atoms with E-state index in [9.17, 15) is 9.59 Å². The molecular formula is C16H20N4O4. The van der Waals surface area contributed by atoms with Gasteiger partial charge in [-0.05, 0) is 12.0 Å². The summed E-state index contributed by atoms with van der Waals surface area (Å²) < 4.78 is 11.0. The van der Waals surface area contributed by atoms with E-state index < -0.39 is 6.10 Å². The molecule has 1 aliphatic heterocycles. The van der Waals surface area contributed by atoms with Gasteiger partial charge in [-0.2, -0.15) is 0 Å². The highest BCUT2D eigenvalue weighted by Gasteiger charge is 2.29. The van der Waals surface area contributed by atoms with Crippen LogP contribution in [0.1, 0.15) is 53.7 Å². The topological polar surface area (TPSA) is 101 Å². The van der Waals surface area contributed by atoms with Crippen LogP contribution in [0.5, 0.6) is 0 Å². The number of carbonyl (C=O) groups excluding carboxylic acids is 1. The lowest BCUT2D eigenvalue weighted by Crippen LogP contribution is -2.42. The monoisotopic (exact) mass is 332 g/mol. The first kappa shape index (κ1) is 16.4. The summed E-state index contributed by atoms with van der Waals surface area (Å²) >= 11 is 0. The van der Waals surface area contributed by atoms with E-state index in [2.05, 4.69) is 15.2 Å². The van der Waals surface area contributed by atoms with Crippen LogP contribution in [0.25, 0.3) is 0 Å². The first-order valence-electron chi connectivity index (χ1n) is 7.89. The van der Waals surface area contributed by atoms with Gasteiger partial charge in [-0.1, -0.05) is 13.8 Å². The highest BCUT2D eigenvalue weighted by molar-refractivity contribution is 5.94. The number of amides is 1. The second-order valence-electron chi connectivity index (χ2n) is 6.11. The van der Waals surface area contributed by atoms with Crippen molar-refractivity contribution in [1.82, 2.24) is 20.1 Å². The highest BCUT2D eigenvalue weighted by atomic mass is 16.5. The normalized spacial score (nSPS) is 18.2. The van der Waals surface area contributed by atoms with Gasteiger partial charge < -0.3 is 19.0 Å². The van der Waals surface area contributed by atoms with Gasteiger partial charge in [0.1, 0.15) is 0 Å². The van der Waals surface area contributed by atoms with E-state index in [1.54, 1.807) is 17.9 Å². The Kier molecular flexibility index (Phi) is 4.48. The molecule has 0 radical (unpaired) electrons. The minimum absolute atomic E-state index is 0.129. The molecule has 1 saturated heterocycles. The number of aryl methyl sites for hydroxylation is 1. The minimum atomic E-state index is -0.449. The Morgan fingerprint density at radius 2 is 2.17 bits per heavy atom. The molecule has 2 aromatic rings. The smallest absolute Gasteiger partial charge is 0.254 e. The molecule has 1 N–H and O–H groups in total. The molecule has 3 heterocycles. The van der Waals surface area contributed by atoms with Gasteiger partial charge in [-0.15, -0.1) is 10.2 Å². The van der Waals surface area contributed by atoms with Gasteiger partial charge in [-0.25, -0.2) is 0 Å². The lowest BCUT2D eigenvalue weighted by molar-refractivity contribution is -0.0349. The van der Waals surface area contributed by atoms with Crippen molar-refractivity contribution in [2.45, 2.75) is 32.8 Å². The molecule has 1 aliphatic rings. The maximum atomic E-state index is 12.8. The largest absolute Gasteiger partial charge is 0.423 e. The van der Waals surface area contributed by atoms with E-state index in [0.29, 0.717) is 37.0 Å². The second kappa shape index (κ2) is 6.56. The Morgan fingerprint density at radius 1 is 1.38 bits per heavy atom. The summed E-state index contributed by atoms with van der Waals surface area (Å²) in [5, 5.41) is 7.74. The summed E-state index contributed by atoms with van der Waals surface area (Å²) in [5.41, 5.74) is 0.842. The Balaban J connectivity index is 1.81. The van der Waals surface area contributed by atoms with Crippen molar-refractivity contribution in [2.75, 3.05) is 19.7 Å². The number of hydrogen-bond acceptors (Lipinski definition) is 6. The fraction of sp³-hybridized carbons (Fsp3) is 0.500. The number of rotatable bonds is 3. The Morgan fingerprint density at radius 3 is 2.83 bits per heavy atom. The van der Waals surface area contributed by atoms with Gasteiger partial charge >= 0.3 is 0 Å². The number of nitrogens with zero attached hydrogens (tertiary/aromatic N) is 3. The van der Waals surface area contributed by atoms with Crippen LogP contribution in [-0.4, -0.2) is 45.7 Å². The van der Waals surface area contributed by atoms with Crippen molar-refractivity contribution in [2.24, 2.45) is 0 Å². The fourth-order valence-electron chi connectivity index (χ4n) is 2.61. The summed E-state index contributed by atoms with van der Waals surface area (Å²) in [5.74, 6) is 0.740. The SMILES string of the molecule is Cc1nnc([C@H]2CN(C(=O)c3cc(C(C)C)[nH]c(=O)c3)CCO2)o1. The first-order chi connectivity index (χ1) is 11.4. The van der Waals surface area contributed by atoms with Crippen molar-refractivity contribution in [3.63, 3.8) is 0 Å². The van der Waals surface area contributed by atoms with Crippen LogP contribution in [0.3, 0.4) is 0 Å². The molecule has 8 heteroatoms. The van der Waals surface area contributed by atoms with Crippen LogP contribution in [0.15, 0.2) is 21.3 Å². The zero-order chi connectivity index (χ0) is 17.3. The van der Waals surface area contributed by atoms with Crippen LogP contribution in [0.4, 0.5) is 0 Å². The van der Waals surface area contributed by atoms with Gasteiger partial charge in [0, 0.05) is 30.8 Å². The maximum absolute atomic E-state index is 12.8. The standard InChI is InChI=1S/C16H20N4O4/c1-9(2)12-6-11(7-14(21)17-12)16(22)20-4-5-23-13(8-20)15-19-18-10(3)24-15/h6-7,9,13H,4-5,8H2,1-3H3,(H,17,21)/t13-/m1/s1. The number of H-pyrrole nitrogens is 1. The van der Waals surface area contributed by atoms with Gasteiger partial charge in [-0.3, -0.25) is 9.59 Å². The van der Waals surface area contributed by atoms with Crippen molar-refractivity contribution in [3.05, 3.63) is 45.5 Å². The number of aromatic nitrogens is 3. The Labute approximate surface area is 138 Å². The molecule has 0 spiro atoms. The average molecular weight is 332 g/mol. The van der Waals surface area contributed by atoms with E-state index in [4.69, 9.17) is 9.15 Å². The zero-order valence-electron chi connectivity index (χ0n) is 13.9. The number of morpholine rings is 1. The number of ether oxygens (including phenoxy) is 1. The average Bonchev–Trinajstić information content (AvgIpc) is 3.00. The van der Waals surface area contributed by atoms with E-state index in [1.165, 1.54) is 6.07 Å². The molecule has 128 valence electrons. The first-order valence-corrected chi connectivity index (χ1v) is 7.89. The van der Waals surface area contributed by atoms with E-state index in [-0.39, 0.29) is 17.4 Å². The van der Waals surface area contributed by atoms with Crippen LogP contribution < -0.4 is 5.56 Å². The van der Waals surface area contributed by atoms with E-state index in [1.807, 2.05) is 13.8 Å². The number of hydrogen-bond donors (Lipinski definition) is 1. The second-order valence-corrected chi connectivity index (χ2v) is 6.11. The molecule has 3 rings (SSSR count). The number of nitrogens with one attached hydrogen (secondary N) is 1. The van der Waals surface area contributed by atoms with Gasteiger partial charge in [0.25, 0.3) is 5.91 Å². The number of carbonyl (C=O) groups is 1. The highest BCUT2D eigenvalue weighted by Crippen LogP contribution is 2.22. The summed E-state index contributed by atoms with van der Waals surface area (Å²) in [4.78, 5) is 29.0. The molecule has 0 saturated carbocycles. The summed E-state index contributed by atoms with van der Waals surface area (Å²) in [6.45, 7) is 6.75. The Bertz CT molecular complexity index is 795. The lowest BCUT2D eigenvalue weighted by Gasteiger charge is -2.31. The van der Waals surface area contributed by atoms with Crippen LogP contribution >= 0.6 is 0 Å². The quantitative estimate of drug-likeness (QED) is 0.912.